The number of nitrogens with one attached hydrogen (secondary N) is 1. The van der Waals surface area contributed by atoms with Crippen molar-refractivity contribution < 1.29 is 4.79 Å². The molecule has 1 aromatic carbocycles. The summed E-state index contributed by atoms with van der Waals surface area (Å²) in [4.78, 5) is 44.4. The zero-order valence-corrected chi connectivity index (χ0v) is 20.3. The number of hydrogen-bond donors (Lipinski definition) is 1. The highest BCUT2D eigenvalue weighted by atomic mass is 16.2. The molecular formula is C25H36N6O3. The number of piperidine rings is 1. The van der Waals surface area contributed by atoms with Crippen molar-refractivity contribution >= 4 is 17.4 Å². The summed E-state index contributed by atoms with van der Waals surface area (Å²) in [6.07, 6.45) is 1.67. The van der Waals surface area contributed by atoms with Gasteiger partial charge in [-0.2, -0.15) is 0 Å². The van der Waals surface area contributed by atoms with Crippen LogP contribution < -0.4 is 26.4 Å². The zero-order valence-electron chi connectivity index (χ0n) is 20.3. The Labute approximate surface area is 200 Å². The molecule has 2 saturated heterocycles. The number of carbonyl (C=O) groups is 1. The van der Waals surface area contributed by atoms with E-state index in [2.05, 4.69) is 39.4 Å². The van der Waals surface area contributed by atoms with Gasteiger partial charge in [0, 0.05) is 77.7 Å². The maximum absolute atomic E-state index is 12.9. The molecule has 0 saturated carbocycles. The van der Waals surface area contributed by atoms with Gasteiger partial charge < -0.3 is 15.1 Å². The first-order valence-corrected chi connectivity index (χ1v) is 12.3. The van der Waals surface area contributed by atoms with E-state index >= 15 is 0 Å². The van der Waals surface area contributed by atoms with E-state index in [0.29, 0.717) is 25.5 Å². The maximum atomic E-state index is 12.9. The molecule has 0 spiro atoms. The van der Waals surface area contributed by atoms with E-state index < -0.39 is 0 Å². The predicted octanol–water partition coefficient (Wildman–Crippen LogP) is 0.722. The smallest absolute Gasteiger partial charge is 0.332 e. The summed E-state index contributed by atoms with van der Waals surface area (Å²) in [6, 6.07) is 12.0. The lowest BCUT2D eigenvalue weighted by Gasteiger charge is -2.36. The molecule has 1 aromatic heterocycles. The zero-order chi connectivity index (χ0) is 24.1. The van der Waals surface area contributed by atoms with Gasteiger partial charge in [0.05, 0.1) is 5.92 Å². The number of aromatic nitrogens is 2. The van der Waals surface area contributed by atoms with Crippen molar-refractivity contribution in [3.63, 3.8) is 0 Å². The average molecular weight is 469 g/mol. The minimum Gasteiger partial charge on any atom is -0.369 e. The Kier molecular flexibility index (Phi) is 7.72. The van der Waals surface area contributed by atoms with Gasteiger partial charge in [0.1, 0.15) is 5.82 Å². The first-order valence-electron chi connectivity index (χ1n) is 12.3. The number of anilines is 2. The quantitative estimate of drug-likeness (QED) is 0.645. The van der Waals surface area contributed by atoms with Crippen molar-refractivity contribution in [3.05, 3.63) is 57.2 Å². The molecule has 2 aliphatic heterocycles. The van der Waals surface area contributed by atoms with Crippen LogP contribution in [0.4, 0.5) is 11.5 Å². The van der Waals surface area contributed by atoms with Crippen molar-refractivity contribution in [1.82, 2.24) is 19.4 Å². The van der Waals surface area contributed by atoms with Gasteiger partial charge in [-0.25, -0.2) is 4.79 Å². The highest BCUT2D eigenvalue weighted by molar-refractivity contribution is 5.79. The van der Waals surface area contributed by atoms with Crippen molar-refractivity contribution in [2.75, 3.05) is 62.2 Å². The van der Waals surface area contributed by atoms with E-state index in [9.17, 15) is 14.4 Å². The molecule has 2 aromatic rings. The van der Waals surface area contributed by atoms with Gasteiger partial charge >= 0.3 is 5.69 Å². The third-order valence-electron chi connectivity index (χ3n) is 7.03. The summed E-state index contributed by atoms with van der Waals surface area (Å²) in [5.74, 6) is 0.527. The van der Waals surface area contributed by atoms with Crippen LogP contribution in [0.5, 0.6) is 0 Å². The highest BCUT2D eigenvalue weighted by Gasteiger charge is 2.28. The minimum absolute atomic E-state index is 0.0573. The molecule has 1 amide bonds. The number of nitrogens with zero attached hydrogens (tertiary/aromatic N) is 5. The van der Waals surface area contributed by atoms with Gasteiger partial charge in [0.15, 0.2) is 0 Å². The Bertz CT molecular complexity index is 1090. The number of amides is 1. The van der Waals surface area contributed by atoms with Gasteiger partial charge in [0.25, 0.3) is 5.56 Å². The van der Waals surface area contributed by atoms with Crippen LogP contribution in [-0.2, 0) is 18.4 Å². The molecule has 2 aliphatic rings. The fraction of sp³-hybridized carbons (Fsp3) is 0.560. The molecule has 9 nitrogen and oxygen atoms in total. The molecule has 2 fully saturated rings. The van der Waals surface area contributed by atoms with Crippen molar-refractivity contribution in [3.8, 4) is 0 Å². The number of para-hydroxylation sites is 1. The van der Waals surface area contributed by atoms with E-state index in [0.717, 1.165) is 56.7 Å². The number of rotatable bonds is 7. The molecule has 0 bridgehead atoms. The van der Waals surface area contributed by atoms with Crippen LogP contribution in [0.25, 0.3) is 0 Å². The molecule has 3 heterocycles. The lowest BCUT2D eigenvalue weighted by atomic mass is 9.97. The minimum atomic E-state index is -0.316. The van der Waals surface area contributed by atoms with Crippen LogP contribution in [-0.4, -0.2) is 72.3 Å². The summed E-state index contributed by atoms with van der Waals surface area (Å²) in [6.45, 7) is 9.06. The summed E-state index contributed by atoms with van der Waals surface area (Å²) in [7, 11) is 1.49. The maximum Gasteiger partial charge on any atom is 0.332 e. The summed E-state index contributed by atoms with van der Waals surface area (Å²) < 4.78 is 2.73. The number of hydrogen-bond acceptors (Lipinski definition) is 6. The second-order valence-electron chi connectivity index (χ2n) is 9.17. The van der Waals surface area contributed by atoms with Gasteiger partial charge in [-0.3, -0.25) is 23.6 Å². The van der Waals surface area contributed by atoms with E-state index in [4.69, 9.17) is 0 Å². The Morgan fingerprint density at radius 1 is 1.03 bits per heavy atom. The van der Waals surface area contributed by atoms with Crippen molar-refractivity contribution in [2.24, 2.45) is 13.0 Å². The number of benzene rings is 1. The van der Waals surface area contributed by atoms with E-state index in [1.54, 1.807) is 4.57 Å². The Balaban J connectivity index is 1.27. The fourth-order valence-corrected chi connectivity index (χ4v) is 4.97. The lowest BCUT2D eigenvalue weighted by molar-refractivity contribution is -0.125. The molecule has 9 heteroatoms. The summed E-state index contributed by atoms with van der Waals surface area (Å²) >= 11 is 0. The first kappa shape index (κ1) is 24.1. The van der Waals surface area contributed by atoms with Crippen LogP contribution in [0.3, 0.4) is 0 Å². The number of piperazine rings is 1. The van der Waals surface area contributed by atoms with Crippen molar-refractivity contribution in [2.45, 2.75) is 26.3 Å². The van der Waals surface area contributed by atoms with Gasteiger partial charge in [-0.15, -0.1) is 0 Å². The molecule has 0 unspecified atom stereocenters. The Hall–Kier alpha value is -3.07. The molecular weight excluding hydrogens is 432 g/mol. The van der Waals surface area contributed by atoms with Crippen molar-refractivity contribution in [1.29, 1.82) is 0 Å². The Morgan fingerprint density at radius 2 is 1.76 bits per heavy atom. The lowest BCUT2D eigenvalue weighted by Crippen LogP contribution is -2.50. The molecule has 4 rings (SSSR count). The average Bonchev–Trinajstić information content (AvgIpc) is 2.88. The van der Waals surface area contributed by atoms with E-state index in [1.807, 2.05) is 17.9 Å². The van der Waals surface area contributed by atoms with Crippen LogP contribution in [0.2, 0.25) is 0 Å². The van der Waals surface area contributed by atoms with Gasteiger partial charge in [-0.1, -0.05) is 18.2 Å². The summed E-state index contributed by atoms with van der Waals surface area (Å²) in [5.41, 5.74) is 0.634. The third kappa shape index (κ3) is 5.35. The standard InChI is InChI=1S/C25H36N6O3/c1-3-31-22(18-23(32)27(2)25(31)34)30-12-7-8-20(19-30)24(33)26-11-13-28-14-16-29(17-15-28)21-9-5-4-6-10-21/h4-6,9-10,18,20H,3,7-8,11-17,19H2,1-2H3,(H,26,33)/t20-/m0/s1. The van der Waals surface area contributed by atoms with Gasteiger partial charge in [-0.05, 0) is 31.9 Å². The van der Waals surface area contributed by atoms with E-state index in [1.165, 1.54) is 18.8 Å². The molecule has 0 radical (unpaired) electrons. The molecule has 1 atom stereocenters. The SMILES string of the molecule is CCn1c(N2CCC[C@H](C(=O)NCCN3CCN(c4ccccc4)CC3)C2)cc(=O)n(C)c1=O. The largest absolute Gasteiger partial charge is 0.369 e. The van der Waals surface area contributed by atoms with Crippen LogP contribution in [0.15, 0.2) is 46.0 Å². The molecule has 184 valence electrons. The van der Waals surface area contributed by atoms with Gasteiger partial charge in [0.2, 0.25) is 5.91 Å². The third-order valence-corrected chi connectivity index (χ3v) is 7.03. The second kappa shape index (κ2) is 10.9. The molecule has 0 aliphatic carbocycles. The van der Waals surface area contributed by atoms with Crippen LogP contribution in [0, 0.1) is 5.92 Å². The van der Waals surface area contributed by atoms with Crippen LogP contribution >= 0.6 is 0 Å². The topological polar surface area (TPSA) is 82.8 Å². The van der Waals surface area contributed by atoms with Crippen LogP contribution in [0.1, 0.15) is 19.8 Å². The highest BCUT2D eigenvalue weighted by Crippen LogP contribution is 2.22. The number of carbonyl (C=O) groups excluding carboxylic acids is 1. The summed E-state index contributed by atoms with van der Waals surface area (Å²) in [5, 5.41) is 3.12. The second-order valence-corrected chi connectivity index (χ2v) is 9.17. The Morgan fingerprint density at radius 3 is 2.47 bits per heavy atom. The monoisotopic (exact) mass is 468 g/mol. The van der Waals surface area contributed by atoms with E-state index in [-0.39, 0.29) is 23.1 Å². The fourth-order valence-electron chi connectivity index (χ4n) is 4.97. The normalized spacial score (nSPS) is 19.3. The molecule has 1 N–H and O–H groups in total. The first-order chi connectivity index (χ1) is 16.5. The predicted molar refractivity (Wildman–Crippen MR) is 135 cm³/mol. The molecule has 34 heavy (non-hydrogen) atoms.